The van der Waals surface area contributed by atoms with Gasteiger partial charge in [-0.3, -0.25) is 0 Å². The Morgan fingerprint density at radius 1 is 1.23 bits per heavy atom. The fourth-order valence-corrected chi connectivity index (χ4v) is 4.20. The van der Waals surface area contributed by atoms with Gasteiger partial charge in [0.2, 0.25) is 0 Å². The number of hydrogen-bond acceptors (Lipinski definition) is 4. The lowest BCUT2D eigenvalue weighted by atomic mass is 10.1. The number of hydrogen-bond donors (Lipinski definition) is 2. The molecule has 3 fully saturated rings. The zero-order valence-electron chi connectivity index (χ0n) is 14.1. The van der Waals surface area contributed by atoms with E-state index in [2.05, 4.69) is 14.9 Å². The SMILES string of the molecule is Nc1ncc(-c2cn([C@@H]3[C@@H]4CNC[C@@H]43)c(CC3CC3)n2)cc1C(F)(F)F. The zero-order chi connectivity index (χ0) is 18.1. The van der Waals surface area contributed by atoms with Crippen molar-refractivity contribution in [2.45, 2.75) is 31.5 Å². The monoisotopic (exact) mass is 363 g/mol. The number of piperidine rings is 1. The van der Waals surface area contributed by atoms with E-state index in [1.165, 1.54) is 19.0 Å². The van der Waals surface area contributed by atoms with E-state index in [1.54, 1.807) is 0 Å². The molecule has 1 aliphatic heterocycles. The van der Waals surface area contributed by atoms with Crippen molar-refractivity contribution in [2.75, 3.05) is 18.8 Å². The van der Waals surface area contributed by atoms with E-state index >= 15 is 0 Å². The molecule has 0 aromatic carbocycles. The Bertz CT molecular complexity index is 845. The molecule has 138 valence electrons. The van der Waals surface area contributed by atoms with Gasteiger partial charge in [-0.05, 0) is 36.7 Å². The number of pyridine rings is 1. The van der Waals surface area contributed by atoms with Gasteiger partial charge < -0.3 is 15.6 Å². The van der Waals surface area contributed by atoms with Gasteiger partial charge in [0.25, 0.3) is 0 Å². The molecule has 8 heteroatoms. The first-order valence-electron chi connectivity index (χ1n) is 9.03. The van der Waals surface area contributed by atoms with Crippen LogP contribution in [0.3, 0.4) is 0 Å². The smallest absolute Gasteiger partial charge is 0.383 e. The normalized spacial score (nSPS) is 27.6. The molecule has 5 rings (SSSR count). The maximum absolute atomic E-state index is 13.2. The van der Waals surface area contributed by atoms with Crippen LogP contribution in [0.1, 0.15) is 30.3 Å². The maximum atomic E-state index is 13.2. The second-order valence-electron chi connectivity index (χ2n) is 7.73. The van der Waals surface area contributed by atoms with E-state index in [0.717, 1.165) is 31.4 Å². The molecular weight excluding hydrogens is 343 g/mol. The Morgan fingerprint density at radius 3 is 2.62 bits per heavy atom. The van der Waals surface area contributed by atoms with Crippen molar-refractivity contribution in [2.24, 2.45) is 17.8 Å². The largest absolute Gasteiger partial charge is 0.419 e. The van der Waals surface area contributed by atoms with Gasteiger partial charge in [0.1, 0.15) is 11.6 Å². The van der Waals surface area contributed by atoms with E-state index in [4.69, 9.17) is 10.7 Å². The average Bonchev–Trinajstić information content (AvgIpc) is 3.42. The summed E-state index contributed by atoms with van der Waals surface area (Å²) >= 11 is 0. The first-order valence-corrected chi connectivity index (χ1v) is 9.03. The molecule has 0 bridgehead atoms. The molecule has 26 heavy (non-hydrogen) atoms. The number of nitrogen functional groups attached to an aromatic ring is 1. The summed E-state index contributed by atoms with van der Waals surface area (Å²) in [4.78, 5) is 8.45. The van der Waals surface area contributed by atoms with Gasteiger partial charge in [0, 0.05) is 43.5 Å². The minimum atomic E-state index is -4.52. The van der Waals surface area contributed by atoms with Crippen molar-refractivity contribution in [1.82, 2.24) is 19.9 Å². The fourth-order valence-electron chi connectivity index (χ4n) is 4.20. The van der Waals surface area contributed by atoms with Crippen LogP contribution < -0.4 is 11.1 Å². The number of imidazole rings is 1. The fraction of sp³-hybridized carbons (Fsp3) is 0.556. The van der Waals surface area contributed by atoms with Crippen molar-refractivity contribution >= 4 is 5.82 Å². The Morgan fingerprint density at radius 2 is 1.96 bits per heavy atom. The summed E-state index contributed by atoms with van der Waals surface area (Å²) in [6.45, 7) is 2.01. The summed E-state index contributed by atoms with van der Waals surface area (Å²) in [7, 11) is 0. The lowest BCUT2D eigenvalue weighted by Crippen LogP contribution is -2.17. The number of alkyl halides is 3. The molecular formula is C18H20F3N5. The van der Waals surface area contributed by atoms with Gasteiger partial charge >= 0.3 is 6.18 Å². The summed E-state index contributed by atoms with van der Waals surface area (Å²) in [5.74, 6) is 2.39. The van der Waals surface area contributed by atoms with Crippen LogP contribution in [0.15, 0.2) is 18.5 Å². The molecule has 2 aromatic rings. The molecule has 3 heterocycles. The van der Waals surface area contributed by atoms with Gasteiger partial charge in [0.05, 0.1) is 11.3 Å². The van der Waals surface area contributed by atoms with Crippen molar-refractivity contribution in [1.29, 1.82) is 0 Å². The molecule has 0 amide bonds. The predicted molar refractivity (Wildman–Crippen MR) is 90.2 cm³/mol. The van der Waals surface area contributed by atoms with Gasteiger partial charge in [-0.15, -0.1) is 0 Å². The highest BCUT2D eigenvalue weighted by Crippen LogP contribution is 2.53. The number of rotatable bonds is 4. The molecule has 3 atom stereocenters. The zero-order valence-corrected chi connectivity index (χ0v) is 14.1. The van der Waals surface area contributed by atoms with Crippen LogP contribution in [0.5, 0.6) is 0 Å². The number of nitrogens with zero attached hydrogens (tertiary/aromatic N) is 3. The highest BCUT2D eigenvalue weighted by atomic mass is 19.4. The maximum Gasteiger partial charge on any atom is 0.419 e. The van der Waals surface area contributed by atoms with Crippen LogP contribution >= 0.6 is 0 Å². The molecule has 2 aromatic heterocycles. The molecule has 2 saturated carbocycles. The Balaban J connectivity index is 1.52. The minimum absolute atomic E-state index is 0.367. The van der Waals surface area contributed by atoms with Crippen LogP contribution in [-0.2, 0) is 12.6 Å². The van der Waals surface area contributed by atoms with Gasteiger partial charge in [0.15, 0.2) is 0 Å². The van der Waals surface area contributed by atoms with Crippen LogP contribution in [0.25, 0.3) is 11.3 Å². The third-order valence-corrected chi connectivity index (χ3v) is 5.86. The quantitative estimate of drug-likeness (QED) is 0.876. The van der Waals surface area contributed by atoms with Gasteiger partial charge in [-0.2, -0.15) is 13.2 Å². The first kappa shape index (κ1) is 16.1. The van der Waals surface area contributed by atoms with Crippen molar-refractivity contribution in [3.63, 3.8) is 0 Å². The van der Waals surface area contributed by atoms with Crippen LogP contribution in [0.4, 0.5) is 19.0 Å². The van der Waals surface area contributed by atoms with Gasteiger partial charge in [-0.25, -0.2) is 9.97 Å². The Labute approximate surface area is 148 Å². The highest BCUT2D eigenvalue weighted by molar-refractivity contribution is 5.62. The third-order valence-electron chi connectivity index (χ3n) is 5.86. The van der Waals surface area contributed by atoms with Crippen LogP contribution in [0.2, 0.25) is 0 Å². The number of fused-ring (bicyclic) bond motifs is 1. The molecule has 5 nitrogen and oxygen atoms in total. The van der Waals surface area contributed by atoms with E-state index in [9.17, 15) is 13.2 Å². The van der Waals surface area contributed by atoms with E-state index in [1.807, 2.05) is 6.20 Å². The van der Waals surface area contributed by atoms with E-state index in [-0.39, 0.29) is 0 Å². The summed E-state index contributed by atoms with van der Waals surface area (Å²) in [5, 5.41) is 3.38. The lowest BCUT2D eigenvalue weighted by molar-refractivity contribution is -0.137. The summed E-state index contributed by atoms with van der Waals surface area (Å²) in [6.07, 6.45) is 2.09. The lowest BCUT2D eigenvalue weighted by Gasteiger charge is -2.10. The predicted octanol–water partition coefficient (Wildman–Crippen LogP) is 2.89. The second kappa shape index (κ2) is 5.45. The van der Waals surface area contributed by atoms with Crippen molar-refractivity contribution < 1.29 is 13.2 Å². The molecule has 1 saturated heterocycles. The van der Waals surface area contributed by atoms with Crippen molar-refractivity contribution in [3.8, 4) is 11.3 Å². The molecule has 0 spiro atoms. The molecule has 3 N–H and O–H groups in total. The molecule has 0 radical (unpaired) electrons. The number of halogens is 3. The molecule has 2 aliphatic carbocycles. The first-order chi connectivity index (χ1) is 12.4. The average molecular weight is 363 g/mol. The third kappa shape index (κ3) is 2.67. The summed E-state index contributed by atoms with van der Waals surface area (Å²) in [5.41, 5.74) is 5.44. The minimum Gasteiger partial charge on any atom is -0.383 e. The van der Waals surface area contributed by atoms with E-state index in [0.29, 0.717) is 35.1 Å². The van der Waals surface area contributed by atoms with Crippen LogP contribution in [-0.4, -0.2) is 27.6 Å². The van der Waals surface area contributed by atoms with Crippen LogP contribution in [0, 0.1) is 17.8 Å². The summed E-state index contributed by atoms with van der Waals surface area (Å²) < 4.78 is 41.7. The van der Waals surface area contributed by atoms with Crippen molar-refractivity contribution in [3.05, 3.63) is 29.8 Å². The second-order valence-corrected chi connectivity index (χ2v) is 7.73. The summed E-state index contributed by atoms with van der Waals surface area (Å²) in [6, 6.07) is 1.49. The highest BCUT2D eigenvalue weighted by Gasteiger charge is 2.54. The topological polar surface area (TPSA) is 68.8 Å². The Hall–Kier alpha value is -2.09. The van der Waals surface area contributed by atoms with Gasteiger partial charge in [-0.1, -0.05) is 0 Å². The Kier molecular flexibility index (Phi) is 3.38. The number of nitrogens with one attached hydrogen (secondary N) is 1. The number of anilines is 1. The molecule has 3 aliphatic rings. The van der Waals surface area contributed by atoms with E-state index < -0.39 is 17.6 Å². The number of nitrogens with two attached hydrogens (primary N) is 1. The molecule has 0 unspecified atom stereocenters. The standard InChI is InChI=1S/C18H20F3N5/c19-18(20,21)13-4-10(5-24-17(13)22)14-8-26(15(25-14)3-9-1-2-9)16-11-6-23-7-12(11)16/h4-5,8-9,11-12,16,23H,1-3,6-7H2,(H2,22,24)/t11-,12+,16-. The number of aromatic nitrogens is 3.